The second kappa shape index (κ2) is 7.16. The van der Waals surface area contributed by atoms with Gasteiger partial charge in [0.2, 0.25) is 0 Å². The van der Waals surface area contributed by atoms with Crippen molar-refractivity contribution in [1.82, 2.24) is 5.32 Å². The first-order valence-corrected chi connectivity index (χ1v) is 8.01. The Labute approximate surface area is 137 Å². The van der Waals surface area contributed by atoms with E-state index in [2.05, 4.69) is 18.3 Å². The van der Waals surface area contributed by atoms with E-state index >= 15 is 0 Å². The van der Waals surface area contributed by atoms with E-state index in [4.69, 9.17) is 27.9 Å². The van der Waals surface area contributed by atoms with E-state index in [0.717, 1.165) is 11.3 Å². The molecule has 0 atom stereocenters. The fraction of sp³-hybridized carbons (Fsp3) is 0.267. The lowest BCUT2D eigenvalue weighted by atomic mass is 10.2. The molecule has 21 heavy (non-hydrogen) atoms. The molecule has 0 unspecified atom stereocenters. The maximum Gasteiger partial charge on any atom is 0.251 e. The average Bonchev–Trinajstić information content (AvgIpc) is 2.92. The molecule has 0 radical (unpaired) electrons. The summed E-state index contributed by atoms with van der Waals surface area (Å²) < 4.78 is 5.06. The molecule has 1 heterocycles. The number of nitrogens with one attached hydrogen (secondary N) is 1. The SMILES string of the molecule is CCc1ccc(CNC(=O)c2cc(Cl)c(OC)c(Cl)c2)s1. The zero-order valence-electron chi connectivity index (χ0n) is 11.7. The summed E-state index contributed by atoms with van der Waals surface area (Å²) in [5, 5.41) is 3.50. The Hall–Kier alpha value is -1.23. The third kappa shape index (κ3) is 3.90. The van der Waals surface area contributed by atoms with Crippen LogP contribution in [0.4, 0.5) is 0 Å². The predicted octanol–water partition coefficient (Wildman–Crippen LogP) is 4.56. The summed E-state index contributed by atoms with van der Waals surface area (Å²) >= 11 is 13.8. The molecule has 1 amide bonds. The Kier molecular flexibility index (Phi) is 5.51. The summed E-state index contributed by atoms with van der Waals surface area (Å²) in [5.74, 6) is 0.161. The quantitative estimate of drug-likeness (QED) is 0.864. The molecule has 2 rings (SSSR count). The van der Waals surface area contributed by atoms with E-state index in [1.165, 1.54) is 12.0 Å². The van der Waals surface area contributed by atoms with Crippen molar-refractivity contribution in [2.45, 2.75) is 19.9 Å². The topological polar surface area (TPSA) is 38.3 Å². The molecule has 112 valence electrons. The number of hydrogen-bond donors (Lipinski definition) is 1. The summed E-state index contributed by atoms with van der Waals surface area (Å²) in [7, 11) is 1.48. The molecule has 0 bridgehead atoms. The maximum atomic E-state index is 12.1. The molecule has 6 heteroatoms. The minimum Gasteiger partial charge on any atom is -0.494 e. The maximum absolute atomic E-state index is 12.1. The van der Waals surface area contributed by atoms with Gasteiger partial charge in [-0.3, -0.25) is 4.79 Å². The van der Waals surface area contributed by atoms with Gasteiger partial charge in [-0.2, -0.15) is 0 Å². The molecule has 0 aliphatic carbocycles. The average molecular weight is 344 g/mol. The van der Waals surface area contributed by atoms with E-state index in [9.17, 15) is 4.79 Å². The number of ether oxygens (including phenoxy) is 1. The van der Waals surface area contributed by atoms with Crippen LogP contribution < -0.4 is 10.1 Å². The standard InChI is InChI=1S/C15H15Cl2NO2S/c1-3-10-4-5-11(21-10)8-18-15(19)9-6-12(16)14(20-2)13(17)7-9/h4-7H,3,8H2,1-2H3,(H,18,19). The van der Waals surface area contributed by atoms with Crippen molar-refractivity contribution in [3.8, 4) is 5.75 Å². The highest BCUT2D eigenvalue weighted by molar-refractivity contribution is 7.11. The van der Waals surface area contributed by atoms with Gasteiger partial charge in [0.15, 0.2) is 5.75 Å². The largest absolute Gasteiger partial charge is 0.494 e. The molecule has 0 aliphatic rings. The third-order valence-corrected chi connectivity index (χ3v) is 4.74. The molecule has 0 aliphatic heterocycles. The van der Waals surface area contributed by atoms with Crippen molar-refractivity contribution in [2.24, 2.45) is 0 Å². The number of amides is 1. The summed E-state index contributed by atoms with van der Waals surface area (Å²) in [6.07, 6.45) is 1.00. The van der Waals surface area contributed by atoms with Gasteiger partial charge in [-0.15, -0.1) is 11.3 Å². The number of carbonyl (C=O) groups excluding carboxylic acids is 1. The summed E-state index contributed by atoms with van der Waals surface area (Å²) in [5.41, 5.74) is 0.415. The van der Waals surface area contributed by atoms with E-state index in [0.29, 0.717) is 27.9 Å². The molecule has 0 saturated heterocycles. The van der Waals surface area contributed by atoms with Crippen LogP contribution in [0.15, 0.2) is 24.3 Å². The van der Waals surface area contributed by atoms with Gasteiger partial charge < -0.3 is 10.1 Å². The lowest BCUT2D eigenvalue weighted by Crippen LogP contribution is -2.22. The van der Waals surface area contributed by atoms with Gasteiger partial charge in [0.1, 0.15) is 0 Å². The minimum atomic E-state index is -0.215. The third-order valence-electron chi connectivity index (χ3n) is 2.95. The smallest absolute Gasteiger partial charge is 0.251 e. The van der Waals surface area contributed by atoms with Gasteiger partial charge in [0.05, 0.1) is 23.7 Å². The Morgan fingerprint density at radius 2 is 1.86 bits per heavy atom. The lowest BCUT2D eigenvalue weighted by Gasteiger charge is -2.09. The first-order valence-electron chi connectivity index (χ1n) is 6.44. The zero-order chi connectivity index (χ0) is 15.4. The van der Waals surface area contributed by atoms with E-state index in [-0.39, 0.29) is 5.91 Å². The molecule has 2 aromatic rings. The Bertz CT molecular complexity index is 632. The van der Waals surface area contributed by atoms with Crippen molar-refractivity contribution in [3.05, 3.63) is 49.6 Å². The Balaban J connectivity index is 2.06. The van der Waals surface area contributed by atoms with Crippen LogP contribution in [-0.4, -0.2) is 13.0 Å². The second-order valence-corrected chi connectivity index (χ2v) is 6.44. The van der Waals surface area contributed by atoms with E-state index in [1.54, 1.807) is 23.5 Å². The molecular weight excluding hydrogens is 329 g/mol. The van der Waals surface area contributed by atoms with Gasteiger partial charge in [0, 0.05) is 15.3 Å². The van der Waals surface area contributed by atoms with Crippen molar-refractivity contribution < 1.29 is 9.53 Å². The van der Waals surface area contributed by atoms with Crippen molar-refractivity contribution in [3.63, 3.8) is 0 Å². The van der Waals surface area contributed by atoms with E-state index in [1.807, 2.05) is 6.07 Å². The highest BCUT2D eigenvalue weighted by atomic mass is 35.5. The fourth-order valence-corrected chi connectivity index (χ4v) is 3.40. The molecular formula is C15H15Cl2NO2S. The van der Waals surface area contributed by atoms with Crippen molar-refractivity contribution >= 4 is 40.4 Å². The summed E-state index contributed by atoms with van der Waals surface area (Å²) in [4.78, 5) is 14.6. The molecule has 3 nitrogen and oxygen atoms in total. The van der Waals surface area contributed by atoms with Gasteiger partial charge in [0.25, 0.3) is 5.91 Å². The number of carbonyl (C=O) groups is 1. The van der Waals surface area contributed by atoms with Gasteiger partial charge in [-0.05, 0) is 30.7 Å². The molecule has 0 spiro atoms. The monoisotopic (exact) mass is 343 g/mol. The minimum absolute atomic E-state index is 0.215. The molecule has 0 fully saturated rings. The highest BCUT2D eigenvalue weighted by Gasteiger charge is 2.13. The lowest BCUT2D eigenvalue weighted by molar-refractivity contribution is 0.0951. The first-order chi connectivity index (χ1) is 10.0. The molecule has 1 N–H and O–H groups in total. The molecule has 0 saturated carbocycles. The first kappa shape index (κ1) is 16.1. The summed E-state index contributed by atoms with van der Waals surface area (Å²) in [6, 6.07) is 7.20. The molecule has 1 aromatic heterocycles. The number of rotatable bonds is 5. The zero-order valence-corrected chi connectivity index (χ0v) is 14.0. The highest BCUT2D eigenvalue weighted by Crippen LogP contribution is 2.33. The number of methoxy groups -OCH3 is 1. The van der Waals surface area contributed by atoms with Crippen LogP contribution in [0, 0.1) is 0 Å². The number of hydrogen-bond acceptors (Lipinski definition) is 3. The molecule has 1 aromatic carbocycles. The van der Waals surface area contributed by atoms with Crippen LogP contribution >= 0.6 is 34.5 Å². The Morgan fingerprint density at radius 1 is 1.24 bits per heavy atom. The van der Waals surface area contributed by atoms with Crippen molar-refractivity contribution in [1.29, 1.82) is 0 Å². The van der Waals surface area contributed by atoms with Gasteiger partial charge in [-0.1, -0.05) is 30.1 Å². The van der Waals surface area contributed by atoms with Gasteiger partial charge in [-0.25, -0.2) is 0 Å². The van der Waals surface area contributed by atoms with Crippen molar-refractivity contribution in [2.75, 3.05) is 7.11 Å². The van der Waals surface area contributed by atoms with Gasteiger partial charge >= 0.3 is 0 Å². The normalized spacial score (nSPS) is 10.5. The number of aryl methyl sites for hydroxylation is 1. The number of thiophene rings is 1. The van der Waals surface area contributed by atoms with Crippen LogP contribution in [0.25, 0.3) is 0 Å². The van der Waals surface area contributed by atoms with Crippen LogP contribution in [0.5, 0.6) is 5.75 Å². The fourth-order valence-electron chi connectivity index (χ4n) is 1.86. The second-order valence-electron chi connectivity index (χ2n) is 4.38. The Morgan fingerprint density at radius 3 is 2.38 bits per heavy atom. The summed E-state index contributed by atoms with van der Waals surface area (Å²) in [6.45, 7) is 2.60. The van der Waals surface area contributed by atoms with Crippen LogP contribution in [-0.2, 0) is 13.0 Å². The number of benzene rings is 1. The number of halogens is 2. The van der Waals surface area contributed by atoms with E-state index < -0.39 is 0 Å². The predicted molar refractivity (Wildman–Crippen MR) is 87.9 cm³/mol. The van der Waals surface area contributed by atoms with Crippen LogP contribution in [0.2, 0.25) is 10.0 Å². The van der Waals surface area contributed by atoms with Crippen LogP contribution in [0.3, 0.4) is 0 Å². The van der Waals surface area contributed by atoms with Crippen LogP contribution in [0.1, 0.15) is 27.0 Å².